The molecule has 0 spiro atoms. The van der Waals surface area contributed by atoms with Gasteiger partial charge in [0.2, 0.25) is 0 Å². The predicted octanol–water partition coefficient (Wildman–Crippen LogP) is 5.48. The van der Waals surface area contributed by atoms with Crippen molar-refractivity contribution in [1.29, 1.82) is 0 Å². The van der Waals surface area contributed by atoms with Gasteiger partial charge in [0.25, 0.3) is 5.56 Å². The van der Waals surface area contributed by atoms with E-state index in [4.69, 9.17) is 32.7 Å². The maximum absolute atomic E-state index is 12.5. The summed E-state index contributed by atoms with van der Waals surface area (Å²) in [6, 6.07) is 17.8. The number of para-hydroxylation sites is 2. The first-order chi connectivity index (χ1) is 14.1. The van der Waals surface area contributed by atoms with Crippen molar-refractivity contribution in [3.63, 3.8) is 0 Å². The summed E-state index contributed by atoms with van der Waals surface area (Å²) >= 11 is 12.5. The van der Waals surface area contributed by atoms with Crippen LogP contribution in [0.1, 0.15) is 5.56 Å². The summed E-state index contributed by atoms with van der Waals surface area (Å²) < 4.78 is 11.5. The van der Waals surface area contributed by atoms with E-state index < -0.39 is 0 Å². The quantitative estimate of drug-likeness (QED) is 0.458. The van der Waals surface area contributed by atoms with Crippen molar-refractivity contribution in [2.45, 2.75) is 6.61 Å². The molecule has 0 aliphatic carbocycles. The lowest BCUT2D eigenvalue weighted by Gasteiger charge is -2.16. The summed E-state index contributed by atoms with van der Waals surface area (Å²) in [4.78, 5) is 19.9. The van der Waals surface area contributed by atoms with E-state index in [1.54, 1.807) is 61.7 Å². The van der Waals surface area contributed by atoms with Crippen LogP contribution in [-0.2, 0) is 6.61 Å². The van der Waals surface area contributed by atoms with Gasteiger partial charge in [-0.05, 0) is 36.4 Å². The van der Waals surface area contributed by atoms with E-state index in [1.807, 2.05) is 6.07 Å². The molecule has 0 fully saturated rings. The van der Waals surface area contributed by atoms with E-state index >= 15 is 0 Å². The van der Waals surface area contributed by atoms with Crippen LogP contribution in [0.4, 0.5) is 0 Å². The van der Waals surface area contributed by atoms with Gasteiger partial charge in [0.15, 0.2) is 11.5 Å². The van der Waals surface area contributed by atoms with Crippen LogP contribution in [0.15, 0.2) is 65.5 Å². The lowest BCUT2D eigenvalue weighted by molar-refractivity contribution is 0.286. The van der Waals surface area contributed by atoms with Gasteiger partial charge in [-0.15, -0.1) is 0 Å². The summed E-state index contributed by atoms with van der Waals surface area (Å²) in [5, 5.41) is 1.53. The highest BCUT2D eigenvalue weighted by molar-refractivity contribution is 6.35. The Balaban J connectivity index is 1.80. The number of aromatic amines is 1. The molecule has 1 aromatic heterocycles. The second-order valence-electron chi connectivity index (χ2n) is 6.26. The van der Waals surface area contributed by atoms with Crippen molar-refractivity contribution in [1.82, 2.24) is 9.97 Å². The first-order valence-corrected chi connectivity index (χ1v) is 9.56. The molecule has 7 heteroatoms. The van der Waals surface area contributed by atoms with Crippen LogP contribution in [0.2, 0.25) is 10.0 Å². The standard InChI is InChI=1S/C22H16Cl2N2O3/c1-28-19-11-4-7-14(20(19)29-12-15-16(23)8-5-9-17(15)24)21-25-18-10-3-2-6-13(18)22(27)26-21/h2-11H,12H2,1H3,(H,25,26,27). The molecule has 1 N–H and O–H groups in total. The molecule has 0 atom stereocenters. The number of hydrogen-bond acceptors (Lipinski definition) is 4. The average molecular weight is 427 g/mol. The number of nitrogens with zero attached hydrogens (tertiary/aromatic N) is 1. The maximum Gasteiger partial charge on any atom is 0.259 e. The molecule has 0 bridgehead atoms. The van der Waals surface area contributed by atoms with Gasteiger partial charge < -0.3 is 14.5 Å². The van der Waals surface area contributed by atoms with Crippen molar-refractivity contribution < 1.29 is 9.47 Å². The smallest absolute Gasteiger partial charge is 0.259 e. The van der Waals surface area contributed by atoms with Crippen molar-refractivity contribution >= 4 is 34.1 Å². The SMILES string of the molecule is COc1cccc(-c2nc3ccccc3c(=O)[nH]2)c1OCc1c(Cl)cccc1Cl. The highest BCUT2D eigenvalue weighted by Gasteiger charge is 2.17. The van der Waals surface area contributed by atoms with Gasteiger partial charge in [0.1, 0.15) is 12.4 Å². The minimum atomic E-state index is -0.228. The monoisotopic (exact) mass is 426 g/mol. The fourth-order valence-corrected chi connectivity index (χ4v) is 3.55. The molecule has 3 aromatic carbocycles. The number of ether oxygens (including phenoxy) is 2. The van der Waals surface area contributed by atoms with Crippen molar-refractivity contribution in [2.75, 3.05) is 7.11 Å². The highest BCUT2D eigenvalue weighted by Crippen LogP contribution is 2.38. The van der Waals surface area contributed by atoms with Gasteiger partial charge in [-0.1, -0.05) is 47.5 Å². The Bertz CT molecular complexity index is 1230. The Hall–Kier alpha value is -3.02. The zero-order chi connectivity index (χ0) is 20.4. The van der Waals surface area contributed by atoms with Crippen LogP contribution >= 0.6 is 23.2 Å². The van der Waals surface area contributed by atoms with E-state index in [0.717, 1.165) is 0 Å². The van der Waals surface area contributed by atoms with Crippen LogP contribution in [0.5, 0.6) is 11.5 Å². The van der Waals surface area contributed by atoms with Gasteiger partial charge in [-0.3, -0.25) is 4.79 Å². The number of nitrogens with one attached hydrogen (secondary N) is 1. The Morgan fingerprint density at radius 2 is 1.69 bits per heavy atom. The maximum atomic E-state index is 12.5. The molecule has 5 nitrogen and oxygen atoms in total. The number of hydrogen-bond donors (Lipinski definition) is 1. The number of benzene rings is 3. The molecular formula is C22H16Cl2N2O3. The summed E-state index contributed by atoms with van der Waals surface area (Å²) in [5.41, 5.74) is 1.62. The van der Waals surface area contributed by atoms with Gasteiger partial charge in [-0.25, -0.2) is 4.98 Å². The topological polar surface area (TPSA) is 64.2 Å². The minimum Gasteiger partial charge on any atom is -0.493 e. The van der Waals surface area contributed by atoms with Crippen LogP contribution < -0.4 is 15.0 Å². The third kappa shape index (κ3) is 3.79. The van der Waals surface area contributed by atoms with Gasteiger partial charge in [0.05, 0.1) is 23.6 Å². The molecule has 0 radical (unpaired) electrons. The van der Waals surface area contributed by atoms with Crippen molar-refractivity contribution in [3.8, 4) is 22.9 Å². The van der Waals surface area contributed by atoms with Crippen LogP contribution in [0.3, 0.4) is 0 Å². The summed E-state index contributed by atoms with van der Waals surface area (Å²) in [7, 11) is 1.55. The van der Waals surface area contributed by atoms with Crippen LogP contribution in [-0.4, -0.2) is 17.1 Å². The van der Waals surface area contributed by atoms with Gasteiger partial charge in [-0.2, -0.15) is 0 Å². The number of methoxy groups -OCH3 is 1. The molecule has 4 rings (SSSR count). The number of rotatable bonds is 5. The second-order valence-corrected chi connectivity index (χ2v) is 7.07. The first kappa shape index (κ1) is 19.3. The average Bonchev–Trinajstić information content (AvgIpc) is 2.73. The molecule has 0 aliphatic rings. The summed E-state index contributed by atoms with van der Waals surface area (Å²) in [6.07, 6.45) is 0. The molecule has 0 unspecified atom stereocenters. The number of halogens is 2. The lowest BCUT2D eigenvalue weighted by atomic mass is 10.1. The van der Waals surface area contributed by atoms with Gasteiger partial charge in [0, 0.05) is 15.6 Å². The van der Waals surface area contributed by atoms with Crippen LogP contribution in [0.25, 0.3) is 22.3 Å². The molecular weight excluding hydrogens is 411 g/mol. The molecule has 1 heterocycles. The molecule has 0 saturated carbocycles. The normalized spacial score (nSPS) is 10.9. The minimum absolute atomic E-state index is 0.129. The fourth-order valence-electron chi connectivity index (χ4n) is 3.04. The summed E-state index contributed by atoms with van der Waals surface area (Å²) in [6.45, 7) is 0.129. The molecule has 146 valence electrons. The van der Waals surface area contributed by atoms with Crippen LogP contribution in [0, 0.1) is 0 Å². The van der Waals surface area contributed by atoms with E-state index in [2.05, 4.69) is 9.97 Å². The Morgan fingerprint density at radius 1 is 0.966 bits per heavy atom. The van der Waals surface area contributed by atoms with E-state index in [1.165, 1.54) is 0 Å². The molecule has 0 amide bonds. The Labute approximate surface area is 176 Å². The summed E-state index contributed by atoms with van der Waals surface area (Å²) in [5.74, 6) is 1.32. The first-order valence-electron chi connectivity index (χ1n) is 8.80. The van der Waals surface area contributed by atoms with Crippen molar-refractivity contribution in [2.24, 2.45) is 0 Å². The molecule has 29 heavy (non-hydrogen) atoms. The van der Waals surface area contributed by atoms with Crippen molar-refractivity contribution in [3.05, 3.63) is 86.6 Å². The largest absolute Gasteiger partial charge is 0.493 e. The van der Waals surface area contributed by atoms with E-state index in [9.17, 15) is 4.79 Å². The predicted molar refractivity (Wildman–Crippen MR) is 115 cm³/mol. The second kappa shape index (κ2) is 8.15. The number of fused-ring (bicyclic) bond motifs is 1. The van der Waals surface area contributed by atoms with E-state index in [0.29, 0.717) is 49.4 Å². The highest BCUT2D eigenvalue weighted by atomic mass is 35.5. The Morgan fingerprint density at radius 3 is 2.45 bits per heavy atom. The number of aromatic nitrogens is 2. The molecule has 4 aromatic rings. The zero-order valence-corrected chi connectivity index (χ0v) is 16.9. The zero-order valence-electron chi connectivity index (χ0n) is 15.4. The van der Waals surface area contributed by atoms with Gasteiger partial charge >= 0.3 is 0 Å². The lowest BCUT2D eigenvalue weighted by Crippen LogP contribution is -2.10. The number of H-pyrrole nitrogens is 1. The molecule has 0 aliphatic heterocycles. The molecule has 0 saturated heterocycles. The third-order valence-electron chi connectivity index (χ3n) is 4.49. The fraction of sp³-hybridized carbons (Fsp3) is 0.0909. The third-order valence-corrected chi connectivity index (χ3v) is 5.20. The van der Waals surface area contributed by atoms with E-state index in [-0.39, 0.29) is 12.2 Å². The Kier molecular flexibility index (Phi) is 5.43.